The summed E-state index contributed by atoms with van der Waals surface area (Å²) in [6, 6.07) is 9.35. The molecular formula is C22H33N3O3S. The van der Waals surface area contributed by atoms with Crippen LogP contribution >= 0.6 is 0 Å². The number of nitrogens with zero attached hydrogens (tertiary/aromatic N) is 2. The van der Waals surface area contributed by atoms with E-state index in [4.69, 9.17) is 0 Å². The number of carbonyl (C=O) groups excluding carboxylic acids is 1. The lowest BCUT2D eigenvalue weighted by Crippen LogP contribution is -2.56. The van der Waals surface area contributed by atoms with E-state index in [2.05, 4.69) is 24.1 Å². The molecule has 1 N–H and O–H groups in total. The van der Waals surface area contributed by atoms with Crippen LogP contribution in [-0.2, 0) is 20.6 Å². The average molecular weight is 420 g/mol. The Morgan fingerprint density at radius 1 is 1.17 bits per heavy atom. The minimum atomic E-state index is -3.34. The largest absolute Gasteiger partial charge is 0.350 e. The van der Waals surface area contributed by atoms with Crippen LogP contribution in [0.15, 0.2) is 30.3 Å². The summed E-state index contributed by atoms with van der Waals surface area (Å²) in [6.07, 6.45) is 2.58. The van der Waals surface area contributed by atoms with Gasteiger partial charge in [0.2, 0.25) is 15.9 Å². The number of hydrogen-bond donors (Lipinski definition) is 1. The fourth-order valence-electron chi connectivity index (χ4n) is 5.40. The number of sulfonamides is 1. The molecule has 0 aromatic heterocycles. The number of nitrogens with one attached hydrogen (secondary N) is 1. The van der Waals surface area contributed by atoms with Crippen LogP contribution in [-0.4, -0.2) is 61.8 Å². The van der Waals surface area contributed by atoms with Crippen molar-refractivity contribution in [3.05, 3.63) is 35.9 Å². The van der Waals surface area contributed by atoms with Gasteiger partial charge in [0.25, 0.3) is 0 Å². The standard InChI is InChI=1S/C22H33N3O3S/c1-3-17(2)13-24-14-19-20(15-24)22(23-21(19)26)9-11-25(12-10-22)29(27,28)16-18-7-5-4-6-8-18/h4-8,17,19-20H,3,9-16H2,1-2H3,(H,23,26)/t17-,19-,20+/m1/s1. The normalized spacial score (nSPS) is 28.4. The molecule has 6 nitrogen and oxygen atoms in total. The Labute approximate surface area is 174 Å². The van der Waals surface area contributed by atoms with Crippen molar-refractivity contribution in [1.82, 2.24) is 14.5 Å². The molecule has 1 amide bonds. The molecule has 3 atom stereocenters. The zero-order valence-corrected chi connectivity index (χ0v) is 18.3. The van der Waals surface area contributed by atoms with Gasteiger partial charge in [-0.15, -0.1) is 0 Å². The summed E-state index contributed by atoms with van der Waals surface area (Å²) in [7, 11) is -3.34. The van der Waals surface area contributed by atoms with Gasteiger partial charge in [0.05, 0.1) is 11.7 Å². The van der Waals surface area contributed by atoms with Crippen LogP contribution in [0.25, 0.3) is 0 Å². The SMILES string of the molecule is CC[C@@H](C)CN1C[C@H]2C(=O)NC3(CCN(S(=O)(=O)Cc4ccccc4)CC3)[C@H]2C1. The van der Waals surface area contributed by atoms with Gasteiger partial charge in [0.15, 0.2) is 0 Å². The van der Waals surface area contributed by atoms with Gasteiger partial charge in [-0.25, -0.2) is 12.7 Å². The molecule has 1 aromatic carbocycles. The predicted molar refractivity (Wildman–Crippen MR) is 114 cm³/mol. The predicted octanol–water partition coefficient (Wildman–Crippen LogP) is 2.07. The molecule has 0 aliphatic carbocycles. The third kappa shape index (κ3) is 4.09. The summed E-state index contributed by atoms with van der Waals surface area (Å²) in [5.41, 5.74) is 0.587. The highest BCUT2D eigenvalue weighted by molar-refractivity contribution is 7.88. The fourth-order valence-corrected chi connectivity index (χ4v) is 6.93. The maximum absolute atomic E-state index is 12.9. The van der Waals surface area contributed by atoms with Crippen LogP contribution in [0.1, 0.15) is 38.7 Å². The third-order valence-corrected chi connectivity index (χ3v) is 9.13. The van der Waals surface area contributed by atoms with Crippen LogP contribution in [0, 0.1) is 17.8 Å². The number of piperidine rings is 1. The molecule has 0 unspecified atom stereocenters. The summed E-state index contributed by atoms with van der Waals surface area (Å²) in [6.45, 7) is 8.29. The number of hydrogen-bond acceptors (Lipinski definition) is 4. The summed E-state index contributed by atoms with van der Waals surface area (Å²) in [5, 5.41) is 3.29. The quantitative estimate of drug-likeness (QED) is 0.766. The molecule has 3 saturated heterocycles. The van der Waals surface area contributed by atoms with Gasteiger partial charge in [-0.2, -0.15) is 0 Å². The van der Waals surface area contributed by atoms with Gasteiger partial charge in [-0.3, -0.25) is 4.79 Å². The molecule has 0 radical (unpaired) electrons. The molecule has 0 bridgehead atoms. The molecule has 1 aromatic rings. The minimum absolute atomic E-state index is 0.0436. The van der Waals surface area contributed by atoms with E-state index in [-0.39, 0.29) is 23.1 Å². The van der Waals surface area contributed by atoms with E-state index in [1.165, 1.54) is 0 Å². The van der Waals surface area contributed by atoms with Crippen molar-refractivity contribution < 1.29 is 13.2 Å². The van der Waals surface area contributed by atoms with Gasteiger partial charge >= 0.3 is 0 Å². The van der Waals surface area contributed by atoms with Crippen LogP contribution < -0.4 is 5.32 Å². The Hall–Kier alpha value is -1.44. The van der Waals surface area contributed by atoms with Crippen LogP contribution in [0.3, 0.4) is 0 Å². The number of amides is 1. The highest BCUT2D eigenvalue weighted by Gasteiger charge is 2.57. The van der Waals surface area contributed by atoms with E-state index in [0.717, 1.165) is 31.6 Å². The molecule has 3 aliphatic rings. The van der Waals surface area contributed by atoms with E-state index >= 15 is 0 Å². The van der Waals surface area contributed by atoms with E-state index in [1.54, 1.807) is 4.31 Å². The van der Waals surface area contributed by atoms with E-state index in [1.807, 2.05) is 30.3 Å². The van der Waals surface area contributed by atoms with Crippen molar-refractivity contribution in [2.24, 2.45) is 17.8 Å². The first-order valence-corrected chi connectivity index (χ1v) is 12.5. The molecular weight excluding hydrogens is 386 g/mol. The maximum Gasteiger partial charge on any atom is 0.225 e. The lowest BCUT2D eigenvalue weighted by atomic mass is 9.76. The van der Waals surface area contributed by atoms with E-state index in [0.29, 0.717) is 37.8 Å². The first kappa shape index (κ1) is 20.8. The number of rotatable bonds is 6. The third-order valence-electron chi connectivity index (χ3n) is 7.28. The maximum atomic E-state index is 12.9. The Morgan fingerprint density at radius 3 is 2.52 bits per heavy atom. The first-order valence-electron chi connectivity index (χ1n) is 10.9. The Bertz CT molecular complexity index is 834. The first-order chi connectivity index (χ1) is 13.8. The zero-order chi connectivity index (χ0) is 20.6. The van der Waals surface area contributed by atoms with Gasteiger partial charge in [0.1, 0.15) is 0 Å². The highest BCUT2D eigenvalue weighted by atomic mass is 32.2. The fraction of sp³-hybridized carbons (Fsp3) is 0.682. The Morgan fingerprint density at radius 2 is 1.86 bits per heavy atom. The summed E-state index contributed by atoms with van der Waals surface area (Å²) < 4.78 is 27.4. The topological polar surface area (TPSA) is 69.7 Å². The van der Waals surface area contributed by atoms with E-state index < -0.39 is 10.0 Å². The van der Waals surface area contributed by atoms with Gasteiger partial charge in [-0.1, -0.05) is 50.6 Å². The van der Waals surface area contributed by atoms with Crippen LogP contribution in [0.4, 0.5) is 0 Å². The smallest absolute Gasteiger partial charge is 0.225 e. The Balaban J connectivity index is 1.41. The van der Waals surface area contributed by atoms with Crippen LogP contribution in [0.2, 0.25) is 0 Å². The monoisotopic (exact) mass is 419 g/mol. The Kier molecular flexibility index (Phi) is 5.75. The highest BCUT2D eigenvalue weighted by Crippen LogP contribution is 2.44. The molecule has 3 heterocycles. The van der Waals surface area contributed by atoms with Crippen molar-refractivity contribution in [3.8, 4) is 0 Å². The summed E-state index contributed by atoms with van der Waals surface area (Å²) in [5.74, 6) is 1.21. The zero-order valence-electron chi connectivity index (χ0n) is 17.5. The second-order valence-electron chi connectivity index (χ2n) is 9.23. The van der Waals surface area contributed by atoms with Crippen LogP contribution in [0.5, 0.6) is 0 Å². The molecule has 3 fully saturated rings. The van der Waals surface area contributed by atoms with Crippen molar-refractivity contribution >= 4 is 15.9 Å². The minimum Gasteiger partial charge on any atom is -0.350 e. The lowest BCUT2D eigenvalue weighted by Gasteiger charge is -2.42. The van der Waals surface area contributed by atoms with Gasteiger partial charge in [0, 0.05) is 44.2 Å². The molecule has 3 aliphatic heterocycles. The molecule has 7 heteroatoms. The second kappa shape index (κ2) is 8.00. The number of fused-ring (bicyclic) bond motifs is 2. The molecule has 0 saturated carbocycles. The number of benzene rings is 1. The summed E-state index contributed by atoms with van der Waals surface area (Å²) in [4.78, 5) is 15.1. The molecule has 1 spiro atoms. The molecule has 29 heavy (non-hydrogen) atoms. The number of likely N-dealkylation sites (tertiary alicyclic amines) is 1. The van der Waals surface area contributed by atoms with Crippen molar-refractivity contribution in [2.75, 3.05) is 32.7 Å². The van der Waals surface area contributed by atoms with Crippen molar-refractivity contribution in [1.29, 1.82) is 0 Å². The number of carbonyl (C=O) groups is 1. The molecule has 160 valence electrons. The molecule has 4 rings (SSSR count). The van der Waals surface area contributed by atoms with Gasteiger partial charge < -0.3 is 10.2 Å². The van der Waals surface area contributed by atoms with Crippen molar-refractivity contribution in [2.45, 2.75) is 44.4 Å². The second-order valence-corrected chi connectivity index (χ2v) is 11.2. The summed E-state index contributed by atoms with van der Waals surface area (Å²) >= 11 is 0. The lowest BCUT2D eigenvalue weighted by molar-refractivity contribution is -0.123. The van der Waals surface area contributed by atoms with Crippen molar-refractivity contribution in [3.63, 3.8) is 0 Å². The van der Waals surface area contributed by atoms with Gasteiger partial charge in [-0.05, 0) is 24.3 Å². The van der Waals surface area contributed by atoms with E-state index in [9.17, 15) is 13.2 Å². The average Bonchev–Trinajstić information content (AvgIpc) is 3.22.